The molecule has 1 aromatic carbocycles. The summed E-state index contributed by atoms with van der Waals surface area (Å²) in [5, 5.41) is 0. The van der Waals surface area contributed by atoms with Gasteiger partial charge in [0, 0.05) is 24.4 Å². The second kappa shape index (κ2) is 5.30. The van der Waals surface area contributed by atoms with Crippen molar-refractivity contribution in [2.75, 3.05) is 7.05 Å². The van der Waals surface area contributed by atoms with Gasteiger partial charge in [0.25, 0.3) is 0 Å². The first-order valence-corrected chi connectivity index (χ1v) is 6.18. The number of aryl methyl sites for hydroxylation is 1. The summed E-state index contributed by atoms with van der Waals surface area (Å²) >= 11 is 0. The lowest BCUT2D eigenvalue weighted by Crippen LogP contribution is -2.22. The predicted molar refractivity (Wildman–Crippen MR) is 79.7 cm³/mol. The summed E-state index contributed by atoms with van der Waals surface area (Å²) in [6.07, 6.45) is 1.93. The number of nitrogens with two attached hydrogens (primary N) is 1. The molecule has 0 spiro atoms. The van der Waals surface area contributed by atoms with Crippen LogP contribution in [0.5, 0.6) is 0 Å². The molecule has 0 aliphatic carbocycles. The minimum Gasteiger partial charge on any atom is -0.397 e. The van der Waals surface area contributed by atoms with Crippen molar-refractivity contribution in [3.8, 4) is 0 Å². The van der Waals surface area contributed by atoms with Gasteiger partial charge >= 0.3 is 0 Å². The number of hydrogen-bond acceptors (Lipinski definition) is 2. The van der Waals surface area contributed by atoms with Crippen molar-refractivity contribution in [3.05, 3.63) is 53.9 Å². The highest BCUT2D eigenvalue weighted by Crippen LogP contribution is 2.26. The zero-order valence-electron chi connectivity index (χ0n) is 12.1. The normalized spacial score (nSPS) is 12.4. The Labute approximate surface area is 111 Å². The van der Waals surface area contributed by atoms with Crippen molar-refractivity contribution >= 4 is 5.70 Å². The number of allylic oxidation sites excluding steroid dienone is 1. The topological polar surface area (TPSA) is 29.3 Å². The van der Waals surface area contributed by atoms with Crippen LogP contribution >= 0.6 is 0 Å². The van der Waals surface area contributed by atoms with Gasteiger partial charge in [-0.2, -0.15) is 0 Å². The first kappa shape index (κ1) is 14.4. The Hall–Kier alpha value is -1.70. The first-order valence-electron chi connectivity index (χ1n) is 6.18. The highest BCUT2D eigenvalue weighted by Gasteiger charge is 2.17. The highest BCUT2D eigenvalue weighted by molar-refractivity contribution is 5.62. The standard InChI is InChI=1S/C16H24N2/c1-12-7-9-14(10-8-12)15(17)11-18(6)13(2)16(3,4)5/h7-11H,2,17H2,1,3-6H3/b15-11-. The molecule has 0 fully saturated rings. The van der Waals surface area contributed by atoms with Crippen molar-refractivity contribution < 1.29 is 0 Å². The van der Waals surface area contributed by atoms with Gasteiger partial charge in [-0.3, -0.25) is 0 Å². The van der Waals surface area contributed by atoms with Gasteiger partial charge in [-0.1, -0.05) is 57.2 Å². The maximum atomic E-state index is 6.11. The maximum absolute atomic E-state index is 6.11. The molecule has 0 saturated carbocycles. The summed E-state index contributed by atoms with van der Waals surface area (Å²) in [4.78, 5) is 2.00. The van der Waals surface area contributed by atoms with Crippen LogP contribution in [-0.4, -0.2) is 11.9 Å². The van der Waals surface area contributed by atoms with Gasteiger partial charge in [-0.05, 0) is 12.5 Å². The SMILES string of the molecule is C=C(N(C)/C=C(\N)c1ccc(C)cc1)C(C)(C)C. The number of benzene rings is 1. The molecule has 18 heavy (non-hydrogen) atoms. The summed E-state index contributed by atoms with van der Waals surface area (Å²) in [7, 11) is 1.98. The molecule has 2 N–H and O–H groups in total. The molecule has 0 bridgehead atoms. The molecule has 0 aromatic heterocycles. The van der Waals surface area contributed by atoms with Crippen LogP contribution in [0.1, 0.15) is 31.9 Å². The molecule has 2 heteroatoms. The molecule has 0 aliphatic rings. The summed E-state index contributed by atoms with van der Waals surface area (Å²) in [6, 6.07) is 8.20. The smallest absolute Gasteiger partial charge is 0.0552 e. The molecular weight excluding hydrogens is 220 g/mol. The van der Waals surface area contributed by atoms with Gasteiger partial charge in [0.05, 0.1) is 5.70 Å². The average molecular weight is 244 g/mol. The lowest BCUT2D eigenvalue weighted by Gasteiger charge is -2.29. The Morgan fingerprint density at radius 1 is 1.22 bits per heavy atom. The second-order valence-corrected chi connectivity index (χ2v) is 5.76. The fourth-order valence-electron chi connectivity index (χ4n) is 1.64. The molecule has 0 amide bonds. The van der Waals surface area contributed by atoms with E-state index in [1.54, 1.807) is 0 Å². The third kappa shape index (κ3) is 3.66. The molecule has 0 unspecified atom stereocenters. The van der Waals surface area contributed by atoms with Crippen LogP contribution in [0.2, 0.25) is 0 Å². The van der Waals surface area contributed by atoms with Crippen LogP contribution in [0.15, 0.2) is 42.7 Å². The minimum atomic E-state index is 0.0405. The number of nitrogens with zero attached hydrogens (tertiary/aromatic N) is 1. The molecular formula is C16H24N2. The van der Waals surface area contributed by atoms with Crippen molar-refractivity contribution in [2.45, 2.75) is 27.7 Å². The van der Waals surface area contributed by atoms with E-state index in [1.807, 2.05) is 30.3 Å². The van der Waals surface area contributed by atoms with Gasteiger partial charge in [0.1, 0.15) is 0 Å². The van der Waals surface area contributed by atoms with E-state index in [0.717, 1.165) is 17.0 Å². The van der Waals surface area contributed by atoms with Crippen LogP contribution in [0, 0.1) is 12.3 Å². The lowest BCUT2D eigenvalue weighted by molar-refractivity contribution is 0.379. The zero-order valence-corrected chi connectivity index (χ0v) is 12.1. The second-order valence-electron chi connectivity index (χ2n) is 5.76. The van der Waals surface area contributed by atoms with Crippen molar-refractivity contribution in [3.63, 3.8) is 0 Å². The van der Waals surface area contributed by atoms with Gasteiger partial charge in [0.2, 0.25) is 0 Å². The first-order chi connectivity index (χ1) is 8.21. The van der Waals surface area contributed by atoms with E-state index < -0.39 is 0 Å². The molecule has 0 heterocycles. The quantitative estimate of drug-likeness (QED) is 0.877. The zero-order chi connectivity index (χ0) is 13.9. The Bertz CT molecular complexity index is 447. The molecule has 0 aliphatic heterocycles. The van der Waals surface area contributed by atoms with Crippen molar-refractivity contribution in [1.82, 2.24) is 4.90 Å². The Balaban J connectivity index is 2.90. The van der Waals surface area contributed by atoms with E-state index in [1.165, 1.54) is 5.56 Å². The van der Waals surface area contributed by atoms with Gasteiger partial charge in [-0.15, -0.1) is 0 Å². The fraction of sp³-hybridized carbons (Fsp3) is 0.375. The molecule has 1 aromatic rings. The summed E-state index contributed by atoms with van der Waals surface area (Å²) in [5.41, 5.74) is 10.2. The van der Waals surface area contributed by atoms with Crippen LogP contribution < -0.4 is 5.73 Å². The number of rotatable bonds is 3. The van der Waals surface area contributed by atoms with E-state index >= 15 is 0 Å². The van der Waals surface area contributed by atoms with E-state index in [-0.39, 0.29) is 5.41 Å². The molecule has 0 atom stereocenters. The van der Waals surface area contributed by atoms with E-state index in [2.05, 4.69) is 46.4 Å². The highest BCUT2D eigenvalue weighted by atomic mass is 15.1. The van der Waals surface area contributed by atoms with E-state index in [4.69, 9.17) is 5.73 Å². The third-order valence-electron chi connectivity index (χ3n) is 3.01. The Kier molecular flexibility index (Phi) is 4.23. The van der Waals surface area contributed by atoms with E-state index in [0.29, 0.717) is 0 Å². The molecule has 2 nitrogen and oxygen atoms in total. The van der Waals surface area contributed by atoms with Crippen LogP contribution in [0.4, 0.5) is 0 Å². The summed E-state index contributed by atoms with van der Waals surface area (Å²) in [5.74, 6) is 0. The lowest BCUT2D eigenvalue weighted by atomic mass is 9.92. The van der Waals surface area contributed by atoms with Crippen LogP contribution in [0.25, 0.3) is 5.70 Å². The Morgan fingerprint density at radius 3 is 2.17 bits per heavy atom. The summed E-state index contributed by atoms with van der Waals surface area (Å²) < 4.78 is 0. The molecule has 1 rings (SSSR count). The fourth-order valence-corrected chi connectivity index (χ4v) is 1.64. The molecule has 0 saturated heterocycles. The van der Waals surface area contributed by atoms with Gasteiger partial charge in [0.15, 0.2) is 0 Å². The molecule has 98 valence electrons. The minimum absolute atomic E-state index is 0.0405. The average Bonchev–Trinajstić information content (AvgIpc) is 2.27. The van der Waals surface area contributed by atoms with E-state index in [9.17, 15) is 0 Å². The van der Waals surface area contributed by atoms with Crippen molar-refractivity contribution in [1.29, 1.82) is 0 Å². The molecule has 0 radical (unpaired) electrons. The monoisotopic (exact) mass is 244 g/mol. The van der Waals surface area contributed by atoms with Crippen LogP contribution in [-0.2, 0) is 0 Å². The number of hydrogen-bond donors (Lipinski definition) is 1. The van der Waals surface area contributed by atoms with Crippen molar-refractivity contribution in [2.24, 2.45) is 11.1 Å². The Morgan fingerprint density at radius 2 is 1.72 bits per heavy atom. The van der Waals surface area contributed by atoms with Gasteiger partial charge < -0.3 is 10.6 Å². The summed E-state index contributed by atoms with van der Waals surface area (Å²) in [6.45, 7) is 12.6. The van der Waals surface area contributed by atoms with Gasteiger partial charge in [-0.25, -0.2) is 0 Å². The third-order valence-corrected chi connectivity index (χ3v) is 3.01. The maximum Gasteiger partial charge on any atom is 0.0552 e. The predicted octanol–water partition coefficient (Wildman–Crippen LogP) is 3.74. The largest absolute Gasteiger partial charge is 0.397 e. The van der Waals surface area contributed by atoms with Crippen LogP contribution in [0.3, 0.4) is 0 Å².